The van der Waals surface area contributed by atoms with Crippen LogP contribution in [0.15, 0.2) is 23.2 Å². The number of hydrogen-bond acceptors (Lipinski definition) is 4. The molecule has 7 heteroatoms. The van der Waals surface area contributed by atoms with Crippen molar-refractivity contribution >= 4 is 11.9 Å². The first-order valence-corrected chi connectivity index (χ1v) is 9.96. The number of carbonyl (C=O) groups excluding carboxylic acids is 1. The number of carbonyl (C=O) groups is 1. The smallest absolute Gasteiger partial charge is 0.220 e. The summed E-state index contributed by atoms with van der Waals surface area (Å²) in [4.78, 5) is 18.4. The van der Waals surface area contributed by atoms with Crippen molar-refractivity contribution in [1.82, 2.24) is 15.5 Å². The Morgan fingerprint density at radius 1 is 1.18 bits per heavy atom. The summed E-state index contributed by atoms with van der Waals surface area (Å²) in [7, 11) is 7.01. The Hall–Kier alpha value is -2.44. The Balaban J connectivity index is 1.77. The molecule has 0 aliphatic heterocycles. The first kappa shape index (κ1) is 21.9. The van der Waals surface area contributed by atoms with Crippen LogP contribution in [-0.4, -0.2) is 58.2 Å². The van der Waals surface area contributed by atoms with Gasteiger partial charge in [-0.2, -0.15) is 0 Å². The number of nitrogens with one attached hydrogen (secondary N) is 2. The quantitative estimate of drug-likeness (QED) is 0.385. The zero-order chi connectivity index (χ0) is 20.4. The van der Waals surface area contributed by atoms with E-state index in [1.807, 2.05) is 30.1 Å². The summed E-state index contributed by atoms with van der Waals surface area (Å²) in [6.45, 7) is 1.86. The maximum atomic E-state index is 12.0. The maximum Gasteiger partial charge on any atom is 0.220 e. The summed E-state index contributed by atoms with van der Waals surface area (Å²) in [5, 5.41) is 6.29. The highest BCUT2D eigenvalue weighted by Crippen LogP contribution is 2.27. The highest BCUT2D eigenvalue weighted by molar-refractivity contribution is 5.80. The monoisotopic (exact) mass is 390 g/mol. The number of benzene rings is 1. The minimum atomic E-state index is 0.153. The molecule has 1 amide bonds. The van der Waals surface area contributed by atoms with E-state index in [9.17, 15) is 4.79 Å². The fourth-order valence-electron chi connectivity index (χ4n) is 3.62. The van der Waals surface area contributed by atoms with Gasteiger partial charge in [0.2, 0.25) is 5.91 Å². The average Bonchev–Trinajstić information content (AvgIpc) is 3.21. The van der Waals surface area contributed by atoms with Gasteiger partial charge in [0.05, 0.1) is 14.2 Å². The first-order chi connectivity index (χ1) is 13.6. The van der Waals surface area contributed by atoms with Crippen molar-refractivity contribution in [3.63, 3.8) is 0 Å². The zero-order valence-corrected chi connectivity index (χ0v) is 17.6. The first-order valence-electron chi connectivity index (χ1n) is 9.96. The van der Waals surface area contributed by atoms with Gasteiger partial charge in [0.15, 0.2) is 5.96 Å². The molecule has 0 bridgehead atoms. The highest BCUT2D eigenvalue weighted by atomic mass is 16.5. The van der Waals surface area contributed by atoms with E-state index in [0.29, 0.717) is 32.0 Å². The Morgan fingerprint density at radius 3 is 2.54 bits per heavy atom. The molecule has 0 saturated heterocycles. The zero-order valence-electron chi connectivity index (χ0n) is 17.6. The van der Waals surface area contributed by atoms with Crippen molar-refractivity contribution in [3.8, 4) is 11.5 Å². The van der Waals surface area contributed by atoms with E-state index in [1.54, 1.807) is 21.3 Å². The van der Waals surface area contributed by atoms with E-state index in [-0.39, 0.29) is 5.91 Å². The van der Waals surface area contributed by atoms with Crippen LogP contribution in [0.5, 0.6) is 11.5 Å². The molecule has 7 nitrogen and oxygen atoms in total. The third kappa shape index (κ3) is 6.62. The lowest BCUT2D eigenvalue weighted by Crippen LogP contribution is -2.42. The molecule has 2 rings (SSSR count). The lowest BCUT2D eigenvalue weighted by atomic mass is 10.0. The van der Waals surface area contributed by atoms with E-state index in [1.165, 1.54) is 25.7 Å². The molecule has 1 aliphatic carbocycles. The fourth-order valence-corrected chi connectivity index (χ4v) is 3.62. The van der Waals surface area contributed by atoms with Crippen LogP contribution in [0.25, 0.3) is 0 Å². The van der Waals surface area contributed by atoms with Crippen molar-refractivity contribution in [1.29, 1.82) is 0 Å². The predicted octanol–water partition coefficient (Wildman–Crippen LogP) is 2.41. The molecule has 0 unspecified atom stereocenters. The lowest BCUT2D eigenvalue weighted by Gasteiger charge is -2.23. The summed E-state index contributed by atoms with van der Waals surface area (Å²) in [6, 6.07) is 5.78. The summed E-state index contributed by atoms with van der Waals surface area (Å²) in [5.41, 5.74) is 1.04. The van der Waals surface area contributed by atoms with Gasteiger partial charge in [0.1, 0.15) is 11.5 Å². The average molecular weight is 391 g/mol. The number of aliphatic imine (C=N–C) groups is 1. The Labute approximate surface area is 168 Å². The van der Waals surface area contributed by atoms with Gasteiger partial charge < -0.3 is 25.0 Å². The third-order valence-corrected chi connectivity index (χ3v) is 5.15. The van der Waals surface area contributed by atoms with Gasteiger partial charge >= 0.3 is 0 Å². The topological polar surface area (TPSA) is 75.2 Å². The molecule has 0 spiro atoms. The summed E-state index contributed by atoms with van der Waals surface area (Å²) >= 11 is 0. The molecule has 0 heterocycles. The standard InChI is InChI=1S/C21H34N4O3/c1-22-21(24-12-11-23-20(26)13-16-7-5-6-8-16)25(2)15-17-9-10-18(27-3)14-19(17)28-4/h9-10,14,16H,5-8,11-13,15H2,1-4H3,(H,22,24)(H,23,26). The predicted molar refractivity (Wildman–Crippen MR) is 112 cm³/mol. The van der Waals surface area contributed by atoms with Gasteiger partial charge in [-0.15, -0.1) is 0 Å². The second kappa shape index (κ2) is 11.4. The number of rotatable bonds is 9. The van der Waals surface area contributed by atoms with E-state index < -0.39 is 0 Å². The van der Waals surface area contributed by atoms with Crippen LogP contribution in [0, 0.1) is 5.92 Å². The van der Waals surface area contributed by atoms with Crippen LogP contribution in [0.3, 0.4) is 0 Å². The molecule has 0 radical (unpaired) electrons. The largest absolute Gasteiger partial charge is 0.497 e. The number of nitrogens with zero attached hydrogens (tertiary/aromatic N) is 2. The minimum absolute atomic E-state index is 0.153. The summed E-state index contributed by atoms with van der Waals surface area (Å²) < 4.78 is 10.7. The van der Waals surface area contributed by atoms with Gasteiger partial charge in [-0.1, -0.05) is 12.8 Å². The van der Waals surface area contributed by atoms with Crippen molar-refractivity contribution in [2.24, 2.45) is 10.9 Å². The number of amides is 1. The summed E-state index contributed by atoms with van der Waals surface area (Å²) in [5.74, 6) is 3.04. The second-order valence-electron chi connectivity index (χ2n) is 7.21. The number of methoxy groups -OCH3 is 2. The Bertz CT molecular complexity index is 657. The van der Waals surface area contributed by atoms with Crippen LogP contribution < -0.4 is 20.1 Å². The molecular weight excluding hydrogens is 356 g/mol. The van der Waals surface area contributed by atoms with Gasteiger partial charge in [0, 0.05) is 51.8 Å². The third-order valence-electron chi connectivity index (χ3n) is 5.15. The van der Waals surface area contributed by atoms with E-state index in [4.69, 9.17) is 9.47 Å². The molecule has 0 aromatic heterocycles. The van der Waals surface area contributed by atoms with Gasteiger partial charge in [-0.25, -0.2) is 0 Å². The van der Waals surface area contributed by atoms with Crippen LogP contribution in [0.1, 0.15) is 37.7 Å². The molecule has 156 valence electrons. The van der Waals surface area contributed by atoms with Crippen LogP contribution in [-0.2, 0) is 11.3 Å². The Kier molecular flexibility index (Phi) is 8.91. The molecular formula is C21H34N4O3. The summed E-state index contributed by atoms with van der Waals surface area (Å²) in [6.07, 6.45) is 5.57. The van der Waals surface area contributed by atoms with Crippen molar-refractivity contribution in [2.45, 2.75) is 38.6 Å². The van der Waals surface area contributed by atoms with E-state index >= 15 is 0 Å². The number of guanidine groups is 1. The van der Waals surface area contributed by atoms with Crippen molar-refractivity contribution in [3.05, 3.63) is 23.8 Å². The number of hydrogen-bond donors (Lipinski definition) is 2. The molecule has 1 aromatic rings. The lowest BCUT2D eigenvalue weighted by molar-refractivity contribution is -0.121. The molecule has 1 aliphatic rings. The van der Waals surface area contributed by atoms with Gasteiger partial charge in [-0.05, 0) is 30.9 Å². The Morgan fingerprint density at radius 2 is 1.89 bits per heavy atom. The number of ether oxygens (including phenoxy) is 2. The van der Waals surface area contributed by atoms with E-state index in [0.717, 1.165) is 23.0 Å². The molecule has 0 atom stereocenters. The van der Waals surface area contributed by atoms with Crippen molar-refractivity contribution < 1.29 is 14.3 Å². The SMILES string of the molecule is CN=C(NCCNC(=O)CC1CCCC1)N(C)Cc1ccc(OC)cc1OC. The van der Waals surface area contributed by atoms with E-state index in [2.05, 4.69) is 15.6 Å². The van der Waals surface area contributed by atoms with Gasteiger partial charge in [0.25, 0.3) is 0 Å². The van der Waals surface area contributed by atoms with Crippen molar-refractivity contribution in [2.75, 3.05) is 41.4 Å². The molecule has 28 heavy (non-hydrogen) atoms. The minimum Gasteiger partial charge on any atom is -0.497 e. The van der Waals surface area contributed by atoms with Gasteiger partial charge in [-0.3, -0.25) is 9.79 Å². The fraction of sp³-hybridized carbons (Fsp3) is 0.619. The van der Waals surface area contributed by atoms with Crippen LogP contribution >= 0.6 is 0 Å². The van der Waals surface area contributed by atoms with Crippen LogP contribution in [0.4, 0.5) is 0 Å². The maximum absolute atomic E-state index is 12.0. The molecule has 1 saturated carbocycles. The van der Waals surface area contributed by atoms with Crippen LogP contribution in [0.2, 0.25) is 0 Å². The molecule has 1 aromatic carbocycles. The normalized spacial score (nSPS) is 14.6. The second-order valence-corrected chi connectivity index (χ2v) is 7.21. The molecule has 2 N–H and O–H groups in total. The molecule has 1 fully saturated rings. The highest BCUT2D eigenvalue weighted by Gasteiger charge is 2.18.